The molecule has 7 heteroatoms. The third-order valence-corrected chi connectivity index (χ3v) is 3.17. The Labute approximate surface area is 110 Å². The number of hydrogen-bond donors (Lipinski definition) is 3. The van der Waals surface area contributed by atoms with E-state index >= 15 is 0 Å². The lowest BCUT2D eigenvalue weighted by Crippen LogP contribution is -2.37. The first-order valence-electron chi connectivity index (χ1n) is 5.80. The number of nitrogens with zero attached hydrogens (tertiary/aromatic N) is 1. The fourth-order valence-electron chi connectivity index (χ4n) is 1.18. The highest BCUT2D eigenvalue weighted by Gasteiger charge is 2.13. The molecule has 1 atom stereocenters. The maximum Gasteiger partial charge on any atom is 0.271 e. The molecule has 6 nitrogen and oxygen atoms in total. The standard InChI is InChI=1S/C11H18N4O2S/c1-3-4-13-9(16)5-14-10(17)8-6-18-11(15-8)7(2)12/h6-7H,3-5,12H2,1-2H3,(H,13,16)(H,14,17). The van der Waals surface area contributed by atoms with Crippen LogP contribution in [-0.2, 0) is 4.79 Å². The van der Waals surface area contributed by atoms with Crippen LogP contribution >= 0.6 is 11.3 Å². The molecule has 0 saturated carbocycles. The van der Waals surface area contributed by atoms with Gasteiger partial charge in [0, 0.05) is 11.9 Å². The lowest BCUT2D eigenvalue weighted by atomic mass is 10.4. The molecule has 2 amide bonds. The van der Waals surface area contributed by atoms with Crippen molar-refractivity contribution in [1.82, 2.24) is 15.6 Å². The molecule has 0 fully saturated rings. The molecule has 0 spiro atoms. The molecule has 1 aromatic rings. The number of carbonyl (C=O) groups is 2. The van der Waals surface area contributed by atoms with Crippen molar-refractivity contribution in [2.75, 3.05) is 13.1 Å². The molecule has 1 rings (SSSR count). The first-order valence-corrected chi connectivity index (χ1v) is 6.68. The molecule has 0 bridgehead atoms. The van der Waals surface area contributed by atoms with Crippen LogP contribution in [0.15, 0.2) is 5.38 Å². The van der Waals surface area contributed by atoms with Gasteiger partial charge in [-0.25, -0.2) is 4.98 Å². The van der Waals surface area contributed by atoms with Gasteiger partial charge in [-0.3, -0.25) is 9.59 Å². The Bertz CT molecular complexity index is 417. The van der Waals surface area contributed by atoms with Crippen LogP contribution in [0.1, 0.15) is 41.8 Å². The highest BCUT2D eigenvalue weighted by molar-refractivity contribution is 7.09. The van der Waals surface area contributed by atoms with E-state index in [0.29, 0.717) is 17.2 Å². The highest BCUT2D eigenvalue weighted by Crippen LogP contribution is 2.15. The summed E-state index contributed by atoms with van der Waals surface area (Å²) in [6.45, 7) is 4.34. The van der Waals surface area contributed by atoms with Crippen LogP contribution in [0.25, 0.3) is 0 Å². The second-order valence-electron chi connectivity index (χ2n) is 3.89. The number of rotatable bonds is 6. The number of amides is 2. The second kappa shape index (κ2) is 7.07. The van der Waals surface area contributed by atoms with Crippen LogP contribution in [-0.4, -0.2) is 29.9 Å². The summed E-state index contributed by atoms with van der Waals surface area (Å²) in [5.41, 5.74) is 5.96. The van der Waals surface area contributed by atoms with Gasteiger partial charge < -0.3 is 16.4 Å². The summed E-state index contributed by atoms with van der Waals surface area (Å²) in [4.78, 5) is 27.1. The maximum atomic E-state index is 11.7. The molecule has 0 aliphatic carbocycles. The highest BCUT2D eigenvalue weighted by atomic mass is 32.1. The summed E-state index contributed by atoms with van der Waals surface area (Å²) in [5, 5.41) is 7.52. The molecule has 1 heterocycles. The Morgan fingerprint density at radius 2 is 2.22 bits per heavy atom. The van der Waals surface area contributed by atoms with Gasteiger partial charge in [-0.1, -0.05) is 6.92 Å². The van der Waals surface area contributed by atoms with E-state index in [4.69, 9.17) is 5.73 Å². The zero-order chi connectivity index (χ0) is 13.5. The predicted molar refractivity (Wildman–Crippen MR) is 70.4 cm³/mol. The van der Waals surface area contributed by atoms with Gasteiger partial charge in [0.25, 0.3) is 5.91 Å². The summed E-state index contributed by atoms with van der Waals surface area (Å²) in [6, 6.07) is -0.190. The third kappa shape index (κ3) is 4.42. The number of carbonyl (C=O) groups excluding carboxylic acids is 2. The molecule has 0 aliphatic heterocycles. The molecular formula is C11H18N4O2S. The number of thiazole rings is 1. The molecule has 0 aliphatic rings. The number of nitrogens with one attached hydrogen (secondary N) is 2. The summed E-state index contributed by atoms with van der Waals surface area (Å²) < 4.78 is 0. The Hall–Kier alpha value is -1.47. The van der Waals surface area contributed by atoms with Crippen molar-refractivity contribution < 1.29 is 9.59 Å². The van der Waals surface area contributed by atoms with Gasteiger partial charge in [-0.15, -0.1) is 11.3 Å². The third-order valence-electron chi connectivity index (χ3n) is 2.13. The second-order valence-corrected chi connectivity index (χ2v) is 4.78. The van der Waals surface area contributed by atoms with Crippen LogP contribution in [0, 0.1) is 0 Å². The molecule has 100 valence electrons. The zero-order valence-corrected chi connectivity index (χ0v) is 11.3. The monoisotopic (exact) mass is 270 g/mol. The van der Waals surface area contributed by atoms with Gasteiger partial charge in [0.15, 0.2) is 0 Å². The summed E-state index contributed by atoms with van der Waals surface area (Å²) >= 11 is 1.34. The number of aromatic nitrogens is 1. The lowest BCUT2D eigenvalue weighted by molar-refractivity contribution is -0.120. The SMILES string of the molecule is CCCNC(=O)CNC(=O)c1csc(C(C)N)n1. The summed E-state index contributed by atoms with van der Waals surface area (Å²) in [6.07, 6.45) is 0.865. The van der Waals surface area contributed by atoms with Crippen molar-refractivity contribution in [3.63, 3.8) is 0 Å². The molecular weight excluding hydrogens is 252 g/mol. The molecule has 1 aromatic heterocycles. The molecule has 18 heavy (non-hydrogen) atoms. The van der Waals surface area contributed by atoms with E-state index in [9.17, 15) is 9.59 Å². The van der Waals surface area contributed by atoms with Crippen LogP contribution in [0.2, 0.25) is 0 Å². The fraction of sp³-hybridized carbons (Fsp3) is 0.545. The summed E-state index contributed by atoms with van der Waals surface area (Å²) in [7, 11) is 0. The zero-order valence-electron chi connectivity index (χ0n) is 10.5. The predicted octanol–water partition coefficient (Wildman–Crippen LogP) is 0.419. The smallest absolute Gasteiger partial charge is 0.271 e. The molecule has 0 radical (unpaired) electrons. The minimum atomic E-state index is -0.357. The molecule has 4 N–H and O–H groups in total. The quantitative estimate of drug-likeness (QED) is 0.698. The van der Waals surface area contributed by atoms with Crippen molar-refractivity contribution in [2.45, 2.75) is 26.3 Å². The van der Waals surface area contributed by atoms with E-state index in [1.165, 1.54) is 11.3 Å². The van der Waals surface area contributed by atoms with Gasteiger partial charge in [0.05, 0.1) is 12.6 Å². The van der Waals surface area contributed by atoms with Crippen LogP contribution in [0.4, 0.5) is 0 Å². The average molecular weight is 270 g/mol. The van der Waals surface area contributed by atoms with E-state index in [1.54, 1.807) is 12.3 Å². The van der Waals surface area contributed by atoms with Crippen molar-refractivity contribution in [3.05, 3.63) is 16.1 Å². The van der Waals surface area contributed by atoms with Crippen LogP contribution < -0.4 is 16.4 Å². The topological polar surface area (TPSA) is 97.1 Å². The van der Waals surface area contributed by atoms with E-state index in [0.717, 1.165) is 6.42 Å². The minimum absolute atomic E-state index is 0.0378. The lowest BCUT2D eigenvalue weighted by Gasteiger charge is -2.04. The van der Waals surface area contributed by atoms with Gasteiger partial charge in [-0.05, 0) is 13.3 Å². The average Bonchev–Trinajstić information content (AvgIpc) is 2.83. The maximum absolute atomic E-state index is 11.7. The number of hydrogen-bond acceptors (Lipinski definition) is 5. The molecule has 1 unspecified atom stereocenters. The van der Waals surface area contributed by atoms with Gasteiger partial charge in [0.2, 0.25) is 5.91 Å². The van der Waals surface area contributed by atoms with E-state index in [1.807, 2.05) is 6.92 Å². The van der Waals surface area contributed by atoms with E-state index in [2.05, 4.69) is 15.6 Å². The Balaban J connectivity index is 2.42. The van der Waals surface area contributed by atoms with Crippen molar-refractivity contribution in [3.8, 4) is 0 Å². The number of nitrogens with two attached hydrogens (primary N) is 1. The van der Waals surface area contributed by atoms with E-state index in [-0.39, 0.29) is 24.4 Å². The van der Waals surface area contributed by atoms with Crippen LogP contribution in [0.3, 0.4) is 0 Å². The fourth-order valence-corrected chi connectivity index (χ4v) is 1.94. The minimum Gasteiger partial charge on any atom is -0.355 e. The van der Waals surface area contributed by atoms with Crippen molar-refractivity contribution in [1.29, 1.82) is 0 Å². The van der Waals surface area contributed by atoms with E-state index < -0.39 is 0 Å². The first-order chi connectivity index (χ1) is 8.54. The van der Waals surface area contributed by atoms with Gasteiger partial charge in [0.1, 0.15) is 10.7 Å². The largest absolute Gasteiger partial charge is 0.355 e. The Morgan fingerprint density at radius 1 is 1.50 bits per heavy atom. The Kier molecular flexibility index (Phi) is 5.73. The molecule has 0 aromatic carbocycles. The van der Waals surface area contributed by atoms with Crippen LogP contribution in [0.5, 0.6) is 0 Å². The molecule has 0 saturated heterocycles. The van der Waals surface area contributed by atoms with Crippen molar-refractivity contribution >= 4 is 23.2 Å². The normalized spacial score (nSPS) is 11.9. The van der Waals surface area contributed by atoms with Gasteiger partial charge >= 0.3 is 0 Å². The summed E-state index contributed by atoms with van der Waals surface area (Å²) in [5.74, 6) is -0.558. The van der Waals surface area contributed by atoms with Gasteiger partial charge in [-0.2, -0.15) is 0 Å². The Morgan fingerprint density at radius 3 is 2.78 bits per heavy atom. The van der Waals surface area contributed by atoms with Crippen molar-refractivity contribution in [2.24, 2.45) is 5.73 Å². The first kappa shape index (κ1) is 14.6.